The lowest BCUT2D eigenvalue weighted by atomic mass is 9.95. The summed E-state index contributed by atoms with van der Waals surface area (Å²) in [6.45, 7) is 1.59. The lowest BCUT2D eigenvalue weighted by Gasteiger charge is -2.28. The van der Waals surface area contributed by atoms with Crippen molar-refractivity contribution in [2.45, 2.75) is 19.5 Å². The van der Waals surface area contributed by atoms with Crippen LogP contribution in [0.3, 0.4) is 0 Å². The Kier molecular flexibility index (Phi) is 5.16. The van der Waals surface area contributed by atoms with Crippen LogP contribution < -0.4 is 9.47 Å². The number of hydrogen-bond acceptors (Lipinski definition) is 5. The van der Waals surface area contributed by atoms with Gasteiger partial charge in [0.2, 0.25) is 0 Å². The van der Waals surface area contributed by atoms with Gasteiger partial charge in [-0.15, -0.1) is 0 Å². The summed E-state index contributed by atoms with van der Waals surface area (Å²) in [6, 6.07) is 13.8. The third-order valence-electron chi connectivity index (χ3n) is 4.61. The molecule has 0 radical (unpaired) electrons. The highest BCUT2D eigenvalue weighted by atomic mass is 16.5. The Morgan fingerprint density at radius 3 is 2.41 bits per heavy atom. The van der Waals surface area contributed by atoms with E-state index in [-0.39, 0.29) is 17.9 Å². The molecule has 1 N–H and O–H groups in total. The number of methoxy groups -OCH3 is 2. The van der Waals surface area contributed by atoms with Crippen LogP contribution in [0.5, 0.6) is 11.5 Å². The Bertz CT molecular complexity index is 904. The van der Waals surface area contributed by atoms with Gasteiger partial charge in [-0.2, -0.15) is 0 Å². The van der Waals surface area contributed by atoms with E-state index in [1.54, 1.807) is 25.3 Å². The van der Waals surface area contributed by atoms with Crippen LogP contribution in [0.4, 0.5) is 0 Å². The van der Waals surface area contributed by atoms with E-state index in [2.05, 4.69) is 0 Å². The molecule has 6 nitrogen and oxygen atoms in total. The quantitative estimate of drug-likeness (QED) is 0.849. The topological polar surface area (TPSA) is 76.1 Å². The number of hydrogen-bond donors (Lipinski definition) is 1. The molecule has 0 fully saturated rings. The lowest BCUT2D eigenvalue weighted by Crippen LogP contribution is -2.30. The predicted octanol–water partition coefficient (Wildman–Crippen LogP) is 3.19. The van der Waals surface area contributed by atoms with Crippen LogP contribution in [0.1, 0.15) is 24.1 Å². The smallest absolute Gasteiger partial charge is 0.290 e. The van der Waals surface area contributed by atoms with Gasteiger partial charge in [-0.05, 0) is 24.6 Å². The molecule has 27 heavy (non-hydrogen) atoms. The minimum atomic E-state index is -0.740. The Morgan fingerprint density at radius 1 is 1.11 bits per heavy atom. The second kappa shape index (κ2) is 7.53. The minimum Gasteiger partial charge on any atom is -0.503 e. The molecular weight excluding hydrogens is 346 g/mol. The first-order valence-corrected chi connectivity index (χ1v) is 8.48. The van der Waals surface area contributed by atoms with Crippen LogP contribution in [-0.2, 0) is 16.1 Å². The number of amides is 1. The van der Waals surface area contributed by atoms with Gasteiger partial charge in [-0.1, -0.05) is 30.3 Å². The fraction of sp³-hybridized carbons (Fsp3) is 0.238. The number of aliphatic hydroxyl groups excluding tert-OH is 1. The van der Waals surface area contributed by atoms with Crippen molar-refractivity contribution in [3.8, 4) is 11.5 Å². The molecule has 2 aromatic carbocycles. The zero-order valence-electron chi connectivity index (χ0n) is 15.4. The summed E-state index contributed by atoms with van der Waals surface area (Å²) in [4.78, 5) is 26.5. The first kappa shape index (κ1) is 18.5. The molecule has 0 aliphatic carbocycles. The second-order valence-electron chi connectivity index (χ2n) is 6.25. The molecular formula is C21H21NO5. The molecule has 0 aromatic heterocycles. The molecule has 140 valence electrons. The summed E-state index contributed by atoms with van der Waals surface area (Å²) < 4.78 is 10.7. The van der Waals surface area contributed by atoms with E-state index < -0.39 is 17.7 Å². The van der Waals surface area contributed by atoms with Crippen LogP contribution in [0, 0.1) is 0 Å². The number of ether oxygens (including phenoxy) is 2. The summed E-state index contributed by atoms with van der Waals surface area (Å²) in [7, 11) is 3.05. The van der Waals surface area contributed by atoms with Gasteiger partial charge in [0.25, 0.3) is 5.91 Å². The Labute approximate surface area is 157 Å². The second-order valence-corrected chi connectivity index (χ2v) is 6.25. The zero-order valence-corrected chi connectivity index (χ0v) is 15.4. The number of nitrogens with zero attached hydrogens (tertiary/aromatic N) is 1. The minimum absolute atomic E-state index is 0.0689. The maximum atomic E-state index is 12.7. The van der Waals surface area contributed by atoms with E-state index in [9.17, 15) is 14.7 Å². The van der Waals surface area contributed by atoms with E-state index in [0.717, 1.165) is 5.56 Å². The molecule has 1 atom stereocenters. The van der Waals surface area contributed by atoms with Crippen molar-refractivity contribution in [2.24, 2.45) is 0 Å². The molecule has 0 saturated heterocycles. The maximum Gasteiger partial charge on any atom is 0.290 e. The summed E-state index contributed by atoms with van der Waals surface area (Å²) in [5, 5.41) is 10.4. The predicted molar refractivity (Wildman–Crippen MR) is 99.6 cm³/mol. The van der Waals surface area contributed by atoms with E-state index in [4.69, 9.17) is 9.47 Å². The zero-order chi connectivity index (χ0) is 19.6. The van der Waals surface area contributed by atoms with Gasteiger partial charge < -0.3 is 19.5 Å². The van der Waals surface area contributed by atoms with Crippen molar-refractivity contribution in [3.63, 3.8) is 0 Å². The van der Waals surface area contributed by atoms with E-state index in [1.165, 1.54) is 18.9 Å². The van der Waals surface area contributed by atoms with Crippen molar-refractivity contribution in [3.05, 3.63) is 71.0 Å². The average molecular weight is 367 g/mol. The van der Waals surface area contributed by atoms with E-state index in [1.807, 2.05) is 30.3 Å². The number of carbonyl (C=O) groups is 2. The third-order valence-corrected chi connectivity index (χ3v) is 4.61. The first-order chi connectivity index (χ1) is 13.0. The number of benzene rings is 2. The van der Waals surface area contributed by atoms with E-state index >= 15 is 0 Å². The monoisotopic (exact) mass is 367 g/mol. The van der Waals surface area contributed by atoms with Crippen molar-refractivity contribution in [1.82, 2.24) is 4.90 Å². The van der Waals surface area contributed by atoms with Crippen LogP contribution in [-0.4, -0.2) is 35.9 Å². The third kappa shape index (κ3) is 3.38. The highest BCUT2D eigenvalue weighted by molar-refractivity contribution is 6.08. The van der Waals surface area contributed by atoms with Crippen molar-refractivity contribution in [1.29, 1.82) is 0 Å². The van der Waals surface area contributed by atoms with E-state index in [0.29, 0.717) is 17.1 Å². The lowest BCUT2D eigenvalue weighted by molar-refractivity contribution is -0.130. The number of rotatable bonds is 6. The molecule has 1 amide bonds. The average Bonchev–Trinajstić information content (AvgIpc) is 2.93. The van der Waals surface area contributed by atoms with Crippen LogP contribution in [0.25, 0.3) is 0 Å². The Hall–Kier alpha value is -3.28. The van der Waals surface area contributed by atoms with Crippen LogP contribution >= 0.6 is 0 Å². The molecule has 2 aromatic rings. The van der Waals surface area contributed by atoms with Gasteiger partial charge in [-0.25, -0.2) is 0 Å². The summed E-state index contributed by atoms with van der Waals surface area (Å²) in [5.74, 6) is -0.390. The van der Waals surface area contributed by atoms with Gasteiger partial charge in [0.05, 0.1) is 25.8 Å². The fourth-order valence-corrected chi connectivity index (χ4v) is 3.32. The Morgan fingerprint density at radius 2 is 1.81 bits per heavy atom. The molecule has 6 heteroatoms. The molecule has 1 aliphatic heterocycles. The maximum absolute atomic E-state index is 12.7. The standard InChI is InChI=1S/C21H21NO5/c1-13(23)18-19(16-10-9-15(26-2)11-17(16)27-3)22(21(25)20(18)24)12-14-7-5-4-6-8-14/h4-11,19,24H,12H2,1-3H3/t19-/m1/s1. The van der Waals surface area contributed by atoms with Gasteiger partial charge in [-0.3, -0.25) is 9.59 Å². The molecule has 1 aliphatic rings. The largest absolute Gasteiger partial charge is 0.503 e. The molecule has 0 bridgehead atoms. The van der Waals surface area contributed by atoms with Crippen LogP contribution in [0.15, 0.2) is 59.9 Å². The Balaban J connectivity index is 2.11. The van der Waals surface area contributed by atoms with Crippen molar-refractivity contribution in [2.75, 3.05) is 14.2 Å². The molecule has 0 spiro atoms. The highest BCUT2D eigenvalue weighted by Gasteiger charge is 2.43. The molecule has 1 heterocycles. The van der Waals surface area contributed by atoms with Crippen molar-refractivity contribution < 1.29 is 24.2 Å². The SMILES string of the molecule is COc1ccc([C@@H]2C(C(C)=O)=C(O)C(=O)N2Cc2ccccc2)c(OC)c1. The highest BCUT2D eigenvalue weighted by Crippen LogP contribution is 2.43. The molecule has 0 unspecified atom stereocenters. The van der Waals surface area contributed by atoms with Gasteiger partial charge in [0.1, 0.15) is 11.5 Å². The number of Topliss-reactive ketones (excluding diaryl/α,β-unsaturated/α-hetero) is 1. The van der Waals surface area contributed by atoms with Crippen molar-refractivity contribution >= 4 is 11.7 Å². The number of carbonyl (C=O) groups excluding carboxylic acids is 2. The molecule has 3 rings (SSSR count). The normalized spacial score (nSPS) is 16.6. The summed E-state index contributed by atoms with van der Waals surface area (Å²) >= 11 is 0. The van der Waals surface area contributed by atoms with Gasteiger partial charge in [0, 0.05) is 18.2 Å². The number of aliphatic hydroxyl groups is 1. The van der Waals surface area contributed by atoms with Gasteiger partial charge >= 0.3 is 0 Å². The first-order valence-electron chi connectivity index (χ1n) is 8.48. The van der Waals surface area contributed by atoms with Crippen LogP contribution in [0.2, 0.25) is 0 Å². The van der Waals surface area contributed by atoms with Gasteiger partial charge in [0.15, 0.2) is 11.5 Å². The fourth-order valence-electron chi connectivity index (χ4n) is 3.32. The number of ketones is 1. The summed E-state index contributed by atoms with van der Waals surface area (Å²) in [6.07, 6.45) is 0. The summed E-state index contributed by atoms with van der Waals surface area (Å²) in [5.41, 5.74) is 1.57. The molecule has 0 saturated carbocycles.